The van der Waals surface area contributed by atoms with Crippen LogP contribution in [0.15, 0.2) is 48.5 Å². The van der Waals surface area contributed by atoms with Gasteiger partial charge >= 0.3 is 0 Å². The standard InChI is InChI=1S/C17H20FNO2/c1-3-21-16-10-4-13(5-11-16)17(20)12-19(2)15-8-6-14(18)7-9-15/h4-11,17,20H,3,12H2,1-2H3. The molecule has 0 aliphatic rings. The minimum absolute atomic E-state index is 0.265. The number of aliphatic hydroxyl groups is 1. The van der Waals surface area contributed by atoms with Gasteiger partial charge in [-0.15, -0.1) is 0 Å². The van der Waals surface area contributed by atoms with Gasteiger partial charge in [-0.3, -0.25) is 0 Å². The second-order valence-electron chi connectivity index (χ2n) is 4.87. The molecule has 0 amide bonds. The van der Waals surface area contributed by atoms with Crippen LogP contribution in [0.1, 0.15) is 18.6 Å². The maximum atomic E-state index is 12.9. The molecular weight excluding hydrogens is 269 g/mol. The van der Waals surface area contributed by atoms with Crippen LogP contribution in [0, 0.1) is 5.82 Å². The molecule has 1 N–H and O–H groups in total. The van der Waals surface area contributed by atoms with Gasteiger partial charge in [-0.25, -0.2) is 4.39 Å². The van der Waals surface area contributed by atoms with E-state index in [0.29, 0.717) is 13.2 Å². The van der Waals surface area contributed by atoms with Crippen LogP contribution < -0.4 is 9.64 Å². The minimum Gasteiger partial charge on any atom is -0.494 e. The number of nitrogens with zero attached hydrogens (tertiary/aromatic N) is 1. The van der Waals surface area contributed by atoms with Gasteiger partial charge in [-0.05, 0) is 48.9 Å². The summed E-state index contributed by atoms with van der Waals surface area (Å²) >= 11 is 0. The van der Waals surface area contributed by atoms with Crippen LogP contribution in [0.3, 0.4) is 0 Å². The molecular formula is C17H20FNO2. The van der Waals surface area contributed by atoms with Crippen molar-refractivity contribution < 1.29 is 14.2 Å². The van der Waals surface area contributed by atoms with Crippen LogP contribution in [-0.4, -0.2) is 25.3 Å². The van der Waals surface area contributed by atoms with E-state index in [-0.39, 0.29) is 5.82 Å². The molecule has 0 spiro atoms. The summed E-state index contributed by atoms with van der Waals surface area (Å²) in [5, 5.41) is 10.3. The SMILES string of the molecule is CCOc1ccc(C(O)CN(C)c2ccc(F)cc2)cc1. The lowest BCUT2D eigenvalue weighted by Gasteiger charge is -2.23. The fraction of sp³-hybridized carbons (Fsp3) is 0.294. The second-order valence-corrected chi connectivity index (χ2v) is 4.87. The maximum absolute atomic E-state index is 12.9. The second kappa shape index (κ2) is 7.09. The molecule has 0 aliphatic heterocycles. The Balaban J connectivity index is 1.99. The first kappa shape index (κ1) is 15.3. The minimum atomic E-state index is -0.615. The van der Waals surface area contributed by atoms with Gasteiger partial charge in [0, 0.05) is 19.3 Å². The summed E-state index contributed by atoms with van der Waals surface area (Å²) in [6.07, 6.45) is -0.615. The van der Waals surface area contributed by atoms with E-state index in [2.05, 4.69) is 0 Å². The van der Waals surface area contributed by atoms with Crippen molar-refractivity contribution >= 4 is 5.69 Å². The fourth-order valence-corrected chi connectivity index (χ4v) is 2.12. The van der Waals surface area contributed by atoms with Crippen LogP contribution in [0.25, 0.3) is 0 Å². The topological polar surface area (TPSA) is 32.7 Å². The summed E-state index contributed by atoms with van der Waals surface area (Å²) in [7, 11) is 1.87. The van der Waals surface area contributed by atoms with E-state index in [9.17, 15) is 9.50 Å². The Morgan fingerprint density at radius 3 is 2.29 bits per heavy atom. The fourth-order valence-electron chi connectivity index (χ4n) is 2.12. The Morgan fingerprint density at radius 2 is 1.71 bits per heavy atom. The number of likely N-dealkylation sites (N-methyl/N-ethyl adjacent to an activating group) is 1. The molecule has 2 rings (SSSR count). The summed E-state index contributed by atoms with van der Waals surface area (Å²) < 4.78 is 18.3. The lowest BCUT2D eigenvalue weighted by atomic mass is 10.1. The van der Waals surface area contributed by atoms with Gasteiger partial charge in [0.2, 0.25) is 0 Å². The molecule has 0 aromatic heterocycles. The van der Waals surface area contributed by atoms with E-state index in [4.69, 9.17) is 4.74 Å². The predicted molar refractivity (Wildman–Crippen MR) is 82.2 cm³/mol. The number of hydrogen-bond acceptors (Lipinski definition) is 3. The number of hydrogen-bond donors (Lipinski definition) is 1. The lowest BCUT2D eigenvalue weighted by Crippen LogP contribution is -2.24. The zero-order chi connectivity index (χ0) is 15.2. The smallest absolute Gasteiger partial charge is 0.123 e. The monoisotopic (exact) mass is 289 g/mol. The van der Waals surface area contributed by atoms with Crippen molar-refractivity contribution in [3.8, 4) is 5.75 Å². The highest BCUT2D eigenvalue weighted by Gasteiger charge is 2.11. The maximum Gasteiger partial charge on any atom is 0.123 e. The number of aliphatic hydroxyl groups excluding tert-OH is 1. The van der Waals surface area contributed by atoms with Gasteiger partial charge in [0.25, 0.3) is 0 Å². The first-order valence-electron chi connectivity index (χ1n) is 6.97. The van der Waals surface area contributed by atoms with Crippen molar-refractivity contribution in [2.75, 3.05) is 25.1 Å². The summed E-state index contributed by atoms with van der Waals surface area (Å²) in [5.74, 6) is 0.527. The first-order chi connectivity index (χ1) is 10.1. The van der Waals surface area contributed by atoms with E-state index in [0.717, 1.165) is 17.0 Å². The van der Waals surface area contributed by atoms with Gasteiger partial charge in [-0.2, -0.15) is 0 Å². The molecule has 0 saturated carbocycles. The molecule has 0 fully saturated rings. The quantitative estimate of drug-likeness (QED) is 0.884. The van der Waals surface area contributed by atoms with E-state index < -0.39 is 6.10 Å². The van der Waals surface area contributed by atoms with Crippen molar-refractivity contribution in [1.29, 1.82) is 0 Å². The third-order valence-electron chi connectivity index (χ3n) is 3.29. The highest BCUT2D eigenvalue weighted by atomic mass is 19.1. The highest BCUT2D eigenvalue weighted by Crippen LogP contribution is 2.21. The Morgan fingerprint density at radius 1 is 1.10 bits per heavy atom. The van der Waals surface area contributed by atoms with Gasteiger partial charge < -0.3 is 14.7 Å². The van der Waals surface area contributed by atoms with Crippen molar-refractivity contribution in [3.05, 3.63) is 59.9 Å². The lowest BCUT2D eigenvalue weighted by molar-refractivity contribution is 0.185. The van der Waals surface area contributed by atoms with Crippen LogP contribution in [0.2, 0.25) is 0 Å². The number of rotatable bonds is 6. The van der Waals surface area contributed by atoms with Crippen LogP contribution in [0.5, 0.6) is 5.75 Å². The molecule has 4 heteroatoms. The first-order valence-corrected chi connectivity index (χ1v) is 6.97. The van der Waals surface area contributed by atoms with E-state index in [1.807, 2.05) is 43.1 Å². The molecule has 0 aliphatic carbocycles. The average molecular weight is 289 g/mol. The van der Waals surface area contributed by atoms with Gasteiger partial charge in [0.15, 0.2) is 0 Å². The van der Waals surface area contributed by atoms with E-state index in [1.54, 1.807) is 12.1 Å². The molecule has 0 heterocycles. The number of ether oxygens (including phenoxy) is 1. The highest BCUT2D eigenvalue weighted by molar-refractivity contribution is 5.45. The Hall–Kier alpha value is -2.07. The molecule has 3 nitrogen and oxygen atoms in total. The number of anilines is 1. The number of halogens is 1. The molecule has 0 radical (unpaired) electrons. The molecule has 2 aromatic carbocycles. The van der Waals surface area contributed by atoms with Gasteiger partial charge in [0.1, 0.15) is 11.6 Å². The van der Waals surface area contributed by atoms with Crippen LogP contribution in [-0.2, 0) is 0 Å². The molecule has 112 valence electrons. The van der Waals surface area contributed by atoms with Crippen molar-refractivity contribution in [1.82, 2.24) is 0 Å². The van der Waals surface area contributed by atoms with Crippen molar-refractivity contribution in [2.24, 2.45) is 0 Å². The third kappa shape index (κ3) is 4.20. The summed E-state index contributed by atoms with van der Waals surface area (Å²) in [6, 6.07) is 13.6. The third-order valence-corrected chi connectivity index (χ3v) is 3.29. The molecule has 1 unspecified atom stereocenters. The Kier molecular flexibility index (Phi) is 5.17. The van der Waals surface area contributed by atoms with Crippen molar-refractivity contribution in [3.63, 3.8) is 0 Å². The predicted octanol–water partition coefficient (Wildman–Crippen LogP) is 3.39. The Labute approximate surface area is 124 Å². The molecule has 2 aromatic rings. The van der Waals surface area contributed by atoms with Crippen LogP contribution >= 0.6 is 0 Å². The van der Waals surface area contributed by atoms with Gasteiger partial charge in [-0.1, -0.05) is 12.1 Å². The zero-order valence-corrected chi connectivity index (χ0v) is 12.3. The normalized spacial score (nSPS) is 12.0. The Bertz CT molecular complexity index is 554. The molecule has 1 atom stereocenters. The zero-order valence-electron chi connectivity index (χ0n) is 12.3. The summed E-state index contributed by atoms with van der Waals surface area (Å²) in [5.41, 5.74) is 1.69. The summed E-state index contributed by atoms with van der Waals surface area (Å²) in [4.78, 5) is 1.89. The average Bonchev–Trinajstić information content (AvgIpc) is 2.49. The van der Waals surface area contributed by atoms with E-state index in [1.165, 1.54) is 12.1 Å². The number of benzene rings is 2. The largest absolute Gasteiger partial charge is 0.494 e. The summed E-state index contributed by atoms with van der Waals surface area (Å²) in [6.45, 7) is 2.98. The van der Waals surface area contributed by atoms with E-state index >= 15 is 0 Å². The molecule has 0 bridgehead atoms. The molecule has 0 saturated heterocycles. The van der Waals surface area contributed by atoms with Crippen molar-refractivity contribution in [2.45, 2.75) is 13.0 Å². The van der Waals surface area contributed by atoms with Crippen LogP contribution in [0.4, 0.5) is 10.1 Å². The molecule has 21 heavy (non-hydrogen) atoms. The van der Waals surface area contributed by atoms with Gasteiger partial charge in [0.05, 0.1) is 12.7 Å².